The van der Waals surface area contributed by atoms with Crippen molar-refractivity contribution < 1.29 is 22.1 Å². The molecule has 1 amide bonds. The highest BCUT2D eigenvalue weighted by Crippen LogP contribution is 2.29. The van der Waals surface area contributed by atoms with Crippen LogP contribution >= 0.6 is 0 Å². The maximum atomic E-state index is 12.4. The van der Waals surface area contributed by atoms with Crippen molar-refractivity contribution in [1.82, 2.24) is 4.98 Å². The van der Waals surface area contributed by atoms with Gasteiger partial charge in [0.05, 0.1) is 12.3 Å². The number of aryl methyl sites for hydroxylation is 1. The molecule has 2 rings (SSSR count). The van der Waals surface area contributed by atoms with E-state index in [9.17, 15) is 13.2 Å². The Bertz CT molecular complexity index is 933. The summed E-state index contributed by atoms with van der Waals surface area (Å²) in [5.41, 5.74) is 1.02. The summed E-state index contributed by atoms with van der Waals surface area (Å²) in [7, 11) is -3.92. The zero-order valence-corrected chi connectivity index (χ0v) is 16.9. The number of hydrogen-bond acceptors (Lipinski definition) is 6. The monoisotopic (exact) mass is 392 g/mol. The highest BCUT2D eigenvalue weighted by Gasteiger charge is 2.21. The number of hydrogen-bond donors (Lipinski definition) is 1. The number of benzene rings is 1. The fraction of sp³-hybridized carbons (Fsp3) is 0.368. The van der Waals surface area contributed by atoms with Crippen molar-refractivity contribution >= 4 is 22.0 Å². The Morgan fingerprint density at radius 1 is 1.19 bits per heavy atom. The van der Waals surface area contributed by atoms with Gasteiger partial charge in [0.1, 0.15) is 16.3 Å². The number of carbonyl (C=O) groups is 1. The molecule has 0 saturated carbocycles. The fourth-order valence-electron chi connectivity index (χ4n) is 2.34. The summed E-state index contributed by atoms with van der Waals surface area (Å²) in [4.78, 5) is 16.3. The van der Waals surface area contributed by atoms with Gasteiger partial charge >= 0.3 is 6.09 Å². The van der Waals surface area contributed by atoms with Crippen molar-refractivity contribution in [2.45, 2.75) is 45.1 Å². The maximum absolute atomic E-state index is 12.4. The lowest BCUT2D eigenvalue weighted by molar-refractivity contribution is 0.0635. The van der Waals surface area contributed by atoms with Gasteiger partial charge in [0, 0.05) is 5.56 Å². The van der Waals surface area contributed by atoms with Gasteiger partial charge in [0.2, 0.25) is 0 Å². The van der Waals surface area contributed by atoms with Gasteiger partial charge in [0.15, 0.2) is 0 Å². The molecule has 1 heterocycles. The zero-order valence-electron chi connectivity index (χ0n) is 16.1. The second-order valence-electron chi connectivity index (χ2n) is 6.90. The van der Waals surface area contributed by atoms with Gasteiger partial charge in [-0.25, -0.2) is 9.78 Å². The summed E-state index contributed by atoms with van der Waals surface area (Å²) in [5.74, 6) is 0.253. The average molecular weight is 392 g/mol. The van der Waals surface area contributed by atoms with E-state index in [1.54, 1.807) is 58.0 Å². The van der Waals surface area contributed by atoms with Gasteiger partial charge in [-0.3, -0.25) is 9.50 Å². The number of nitrogens with zero attached hydrogens (tertiary/aromatic N) is 1. The predicted molar refractivity (Wildman–Crippen MR) is 103 cm³/mol. The van der Waals surface area contributed by atoms with E-state index in [0.717, 1.165) is 5.56 Å². The first kappa shape index (κ1) is 20.9. The molecule has 0 bridgehead atoms. The Morgan fingerprint density at radius 2 is 1.89 bits per heavy atom. The van der Waals surface area contributed by atoms with Gasteiger partial charge in [-0.1, -0.05) is 17.7 Å². The minimum Gasteiger partial charge on any atom is -0.444 e. The molecule has 0 radical (unpaired) electrons. The van der Waals surface area contributed by atoms with Gasteiger partial charge < -0.3 is 4.74 Å². The molecule has 0 spiro atoms. The molecule has 0 aliphatic heterocycles. The van der Waals surface area contributed by atoms with Crippen LogP contribution in [0.1, 0.15) is 33.3 Å². The number of amides is 1. The molecule has 1 aromatic carbocycles. The van der Waals surface area contributed by atoms with Crippen LogP contribution in [0.25, 0.3) is 11.3 Å². The van der Waals surface area contributed by atoms with E-state index in [1.807, 2.05) is 6.92 Å². The maximum Gasteiger partial charge on any atom is 0.413 e. The molecule has 7 nitrogen and oxygen atoms in total. The van der Waals surface area contributed by atoms with E-state index >= 15 is 0 Å². The smallest absolute Gasteiger partial charge is 0.413 e. The Labute approximate surface area is 159 Å². The lowest BCUT2D eigenvalue weighted by Gasteiger charge is -2.19. The Hall–Kier alpha value is -2.45. The normalized spacial score (nSPS) is 11.9. The van der Waals surface area contributed by atoms with E-state index in [-0.39, 0.29) is 17.3 Å². The van der Waals surface area contributed by atoms with E-state index < -0.39 is 21.8 Å². The van der Waals surface area contributed by atoms with E-state index in [1.165, 1.54) is 6.07 Å². The second kappa shape index (κ2) is 8.06. The molecule has 0 fully saturated rings. The quantitative estimate of drug-likeness (QED) is 0.769. The van der Waals surface area contributed by atoms with Crippen LogP contribution in [0.15, 0.2) is 41.3 Å². The predicted octanol–water partition coefficient (Wildman–Crippen LogP) is 4.13. The van der Waals surface area contributed by atoms with Gasteiger partial charge in [0.25, 0.3) is 10.1 Å². The van der Waals surface area contributed by atoms with Crippen LogP contribution in [0.5, 0.6) is 0 Å². The first-order valence-corrected chi connectivity index (χ1v) is 9.90. The molecule has 27 heavy (non-hydrogen) atoms. The second-order valence-corrected chi connectivity index (χ2v) is 8.48. The molecule has 1 N–H and O–H groups in total. The first-order valence-electron chi connectivity index (χ1n) is 8.49. The molecule has 2 aromatic rings. The van der Waals surface area contributed by atoms with Crippen LogP contribution in [-0.2, 0) is 19.0 Å². The number of carbonyl (C=O) groups excluding carboxylic acids is 1. The van der Waals surface area contributed by atoms with E-state index in [4.69, 9.17) is 8.92 Å². The number of ether oxygens (including phenoxy) is 1. The summed E-state index contributed by atoms with van der Waals surface area (Å²) in [6, 6.07) is 9.84. The highest BCUT2D eigenvalue weighted by atomic mass is 32.2. The Balaban J connectivity index is 2.42. The van der Waals surface area contributed by atoms with Crippen LogP contribution in [-0.4, -0.2) is 31.7 Å². The summed E-state index contributed by atoms with van der Waals surface area (Å²) in [5, 5.41) is 2.55. The van der Waals surface area contributed by atoms with Crippen molar-refractivity contribution in [2.75, 3.05) is 11.9 Å². The van der Waals surface area contributed by atoms with E-state index in [0.29, 0.717) is 11.3 Å². The van der Waals surface area contributed by atoms with Crippen LogP contribution in [0.4, 0.5) is 10.6 Å². The lowest BCUT2D eigenvalue weighted by atomic mass is 10.1. The Morgan fingerprint density at radius 3 is 2.52 bits per heavy atom. The van der Waals surface area contributed by atoms with Crippen molar-refractivity contribution in [1.29, 1.82) is 0 Å². The summed E-state index contributed by atoms with van der Waals surface area (Å²) >= 11 is 0. The van der Waals surface area contributed by atoms with Crippen molar-refractivity contribution in [3.63, 3.8) is 0 Å². The highest BCUT2D eigenvalue weighted by molar-refractivity contribution is 7.87. The van der Waals surface area contributed by atoms with Gasteiger partial charge in [-0.05, 0) is 58.9 Å². The largest absolute Gasteiger partial charge is 0.444 e. The molecule has 0 atom stereocenters. The molecular formula is C19H24N2O5S. The van der Waals surface area contributed by atoms with Crippen molar-refractivity contribution in [3.8, 4) is 11.3 Å². The molecule has 8 heteroatoms. The van der Waals surface area contributed by atoms with E-state index in [2.05, 4.69) is 10.3 Å². The molecule has 0 unspecified atom stereocenters. The summed E-state index contributed by atoms with van der Waals surface area (Å²) < 4.78 is 35.0. The van der Waals surface area contributed by atoms with Crippen molar-refractivity contribution in [3.05, 3.63) is 42.0 Å². The minimum atomic E-state index is -3.92. The van der Waals surface area contributed by atoms with Gasteiger partial charge in [-0.15, -0.1) is 0 Å². The standard InChI is InChI=1S/C19H24N2O5S/c1-6-25-27(23,24)16-11-10-13(2)12-14(16)15-8-7-9-17(20-15)21-18(22)26-19(3,4)5/h7-12H,6H2,1-5H3,(H,20,21,22). The third kappa shape index (κ3) is 5.77. The summed E-state index contributed by atoms with van der Waals surface area (Å²) in [6.07, 6.45) is -0.640. The van der Waals surface area contributed by atoms with Gasteiger partial charge in [-0.2, -0.15) is 8.42 Å². The minimum absolute atomic E-state index is 0.0249. The molecule has 1 aromatic heterocycles. The number of anilines is 1. The lowest BCUT2D eigenvalue weighted by Crippen LogP contribution is -2.27. The molecule has 0 aliphatic carbocycles. The number of aromatic nitrogens is 1. The Kier molecular flexibility index (Phi) is 6.22. The van der Waals surface area contributed by atoms with Crippen LogP contribution in [0.3, 0.4) is 0 Å². The van der Waals surface area contributed by atoms with Crippen LogP contribution in [0.2, 0.25) is 0 Å². The average Bonchev–Trinajstić information content (AvgIpc) is 2.52. The molecule has 146 valence electrons. The molecule has 0 saturated heterocycles. The number of rotatable bonds is 5. The third-order valence-electron chi connectivity index (χ3n) is 3.33. The van der Waals surface area contributed by atoms with Crippen LogP contribution < -0.4 is 5.32 Å². The molecule has 0 aliphatic rings. The third-order valence-corrected chi connectivity index (χ3v) is 4.77. The summed E-state index contributed by atoms with van der Waals surface area (Å²) in [6.45, 7) is 8.76. The molecular weight excluding hydrogens is 368 g/mol. The first-order chi connectivity index (χ1) is 12.5. The fourth-order valence-corrected chi connectivity index (χ4v) is 3.45. The SMILES string of the molecule is CCOS(=O)(=O)c1ccc(C)cc1-c1cccc(NC(=O)OC(C)(C)C)n1. The number of nitrogens with one attached hydrogen (secondary N) is 1. The topological polar surface area (TPSA) is 94.6 Å². The van der Waals surface area contributed by atoms with Crippen molar-refractivity contribution in [2.24, 2.45) is 0 Å². The van der Waals surface area contributed by atoms with Crippen LogP contribution in [0, 0.1) is 6.92 Å². The zero-order chi connectivity index (χ0) is 20.2. The number of pyridine rings is 1.